The Labute approximate surface area is 154 Å². The van der Waals surface area contributed by atoms with Gasteiger partial charge in [-0.2, -0.15) is 0 Å². The van der Waals surface area contributed by atoms with E-state index in [-0.39, 0.29) is 10.5 Å². The van der Waals surface area contributed by atoms with Gasteiger partial charge >= 0.3 is 0 Å². The van der Waals surface area contributed by atoms with Crippen LogP contribution in [0.4, 0.5) is 0 Å². The Morgan fingerprint density at radius 1 is 1.04 bits per heavy atom. The molecule has 1 atom stereocenters. The van der Waals surface area contributed by atoms with E-state index in [0.29, 0.717) is 4.47 Å². The Hall–Kier alpha value is -2.19. The molecule has 132 valence electrons. The molecule has 1 N–H and O–H groups in total. The maximum Gasteiger partial charge on any atom is 0.260 e. The molecule has 6 nitrogen and oxygen atoms in total. The largest absolute Gasteiger partial charge is 0.346 e. The Bertz CT molecular complexity index is 883. The fourth-order valence-electron chi connectivity index (χ4n) is 2.08. The number of nitrogens with zero attached hydrogens (tertiary/aromatic N) is 1. The first-order chi connectivity index (χ1) is 11.7. The molecule has 2 aromatic rings. The highest BCUT2D eigenvalue weighted by atomic mass is 79.9. The van der Waals surface area contributed by atoms with E-state index in [1.54, 1.807) is 36.4 Å². The topological polar surface area (TPSA) is 83.6 Å². The summed E-state index contributed by atoms with van der Waals surface area (Å²) in [6.07, 6.45) is 0. The van der Waals surface area contributed by atoms with Crippen molar-refractivity contribution in [3.05, 3.63) is 64.6 Å². The summed E-state index contributed by atoms with van der Waals surface area (Å²) in [5.41, 5.74) is 0.245. The Morgan fingerprint density at radius 2 is 1.68 bits per heavy atom. The van der Waals surface area contributed by atoms with E-state index in [1.807, 2.05) is 0 Å². The summed E-state index contributed by atoms with van der Waals surface area (Å²) in [4.78, 5) is 26.0. The first-order valence-corrected chi connectivity index (χ1v) is 9.64. The number of amides is 2. The molecule has 0 aliphatic carbocycles. The van der Waals surface area contributed by atoms with Gasteiger partial charge < -0.3 is 10.2 Å². The van der Waals surface area contributed by atoms with Crippen LogP contribution in [0.5, 0.6) is 0 Å². The lowest BCUT2D eigenvalue weighted by Crippen LogP contribution is -2.50. The lowest BCUT2D eigenvalue weighted by atomic mass is 10.2. The van der Waals surface area contributed by atoms with Crippen molar-refractivity contribution in [2.45, 2.75) is 10.3 Å². The second-order valence-corrected chi connectivity index (χ2v) is 8.40. The van der Waals surface area contributed by atoms with E-state index < -0.39 is 27.0 Å². The molecule has 2 amide bonds. The molecule has 8 heteroatoms. The quantitative estimate of drug-likeness (QED) is 0.795. The predicted octanol–water partition coefficient (Wildman–Crippen LogP) is 2.07. The Kier molecular flexibility index (Phi) is 5.97. The monoisotopic (exact) mass is 424 g/mol. The van der Waals surface area contributed by atoms with Crippen molar-refractivity contribution < 1.29 is 18.0 Å². The summed E-state index contributed by atoms with van der Waals surface area (Å²) in [6.45, 7) is 0. The zero-order valence-electron chi connectivity index (χ0n) is 13.6. The number of nitrogens with one attached hydrogen (secondary N) is 1. The smallest absolute Gasteiger partial charge is 0.260 e. The van der Waals surface area contributed by atoms with Crippen LogP contribution in [0, 0.1) is 0 Å². The molecule has 0 radical (unpaired) electrons. The first kappa shape index (κ1) is 19.1. The maximum atomic E-state index is 12.8. The molecule has 0 aliphatic rings. The van der Waals surface area contributed by atoms with Gasteiger partial charge in [-0.15, -0.1) is 0 Å². The molecule has 0 fully saturated rings. The summed E-state index contributed by atoms with van der Waals surface area (Å²) in [5.74, 6) is -1.38. The standard InChI is InChI=1S/C17H17BrN2O4S/c1-20(2)17(22)16(25(23,24)14-9-4-3-5-10-14)19-15(21)12-7-6-8-13(18)11-12/h3-11,16H,1-2H3,(H,19,21). The van der Waals surface area contributed by atoms with Crippen LogP contribution in [0.1, 0.15) is 10.4 Å². The molecule has 0 heterocycles. The van der Waals surface area contributed by atoms with Gasteiger partial charge in [0.25, 0.3) is 11.8 Å². The van der Waals surface area contributed by atoms with E-state index in [1.165, 1.54) is 32.3 Å². The number of carbonyl (C=O) groups is 2. The molecule has 0 bridgehead atoms. The molecule has 0 spiro atoms. The van der Waals surface area contributed by atoms with Gasteiger partial charge in [-0.3, -0.25) is 9.59 Å². The summed E-state index contributed by atoms with van der Waals surface area (Å²) in [5, 5.41) is 0.630. The molecule has 2 aromatic carbocycles. The summed E-state index contributed by atoms with van der Waals surface area (Å²) in [7, 11) is -1.23. The molecule has 0 aromatic heterocycles. The van der Waals surface area contributed by atoms with Crippen molar-refractivity contribution in [1.82, 2.24) is 10.2 Å². The van der Waals surface area contributed by atoms with E-state index in [0.717, 1.165) is 4.90 Å². The number of carbonyl (C=O) groups excluding carboxylic acids is 2. The van der Waals surface area contributed by atoms with E-state index >= 15 is 0 Å². The van der Waals surface area contributed by atoms with Crippen LogP contribution < -0.4 is 5.32 Å². The highest BCUT2D eigenvalue weighted by Gasteiger charge is 2.36. The van der Waals surface area contributed by atoms with Crippen molar-refractivity contribution in [2.24, 2.45) is 0 Å². The molecule has 1 unspecified atom stereocenters. The number of likely N-dealkylation sites (N-methyl/N-ethyl adjacent to an activating group) is 1. The third-order valence-electron chi connectivity index (χ3n) is 3.40. The van der Waals surface area contributed by atoms with Gasteiger partial charge in [0.2, 0.25) is 15.2 Å². The minimum absolute atomic E-state index is 0.0373. The number of halogens is 1. The Balaban J connectivity index is 2.41. The Morgan fingerprint density at radius 3 is 2.24 bits per heavy atom. The van der Waals surface area contributed by atoms with Crippen LogP contribution in [0.15, 0.2) is 64.0 Å². The second kappa shape index (κ2) is 7.79. The fraction of sp³-hybridized carbons (Fsp3) is 0.176. The van der Waals surface area contributed by atoms with Gasteiger partial charge in [0.05, 0.1) is 4.90 Å². The third kappa shape index (κ3) is 4.46. The van der Waals surface area contributed by atoms with Gasteiger partial charge in [0, 0.05) is 24.1 Å². The number of hydrogen-bond acceptors (Lipinski definition) is 4. The minimum atomic E-state index is -4.09. The van der Waals surface area contributed by atoms with E-state index in [4.69, 9.17) is 0 Å². The SMILES string of the molecule is CN(C)C(=O)C(NC(=O)c1cccc(Br)c1)S(=O)(=O)c1ccccc1. The molecular weight excluding hydrogens is 408 g/mol. The average Bonchev–Trinajstić information content (AvgIpc) is 2.59. The lowest BCUT2D eigenvalue weighted by Gasteiger charge is -2.22. The van der Waals surface area contributed by atoms with Gasteiger partial charge in [-0.1, -0.05) is 40.2 Å². The summed E-state index contributed by atoms with van der Waals surface area (Å²) >= 11 is 3.25. The normalized spacial score (nSPS) is 12.3. The van der Waals surface area contributed by atoms with Crippen molar-refractivity contribution >= 4 is 37.6 Å². The van der Waals surface area contributed by atoms with Crippen molar-refractivity contribution in [2.75, 3.05) is 14.1 Å². The van der Waals surface area contributed by atoms with Gasteiger partial charge in [0.15, 0.2) is 0 Å². The van der Waals surface area contributed by atoms with Crippen LogP contribution in [-0.4, -0.2) is 44.6 Å². The molecule has 0 saturated carbocycles. The highest BCUT2D eigenvalue weighted by molar-refractivity contribution is 9.10. The number of hydrogen-bond donors (Lipinski definition) is 1. The predicted molar refractivity (Wildman–Crippen MR) is 97.7 cm³/mol. The molecule has 2 rings (SSSR count). The van der Waals surface area contributed by atoms with E-state index in [2.05, 4.69) is 21.2 Å². The minimum Gasteiger partial charge on any atom is -0.346 e. The van der Waals surface area contributed by atoms with E-state index in [9.17, 15) is 18.0 Å². The second-order valence-electron chi connectivity index (χ2n) is 5.45. The van der Waals surface area contributed by atoms with Crippen LogP contribution >= 0.6 is 15.9 Å². The average molecular weight is 425 g/mol. The fourth-order valence-corrected chi connectivity index (χ4v) is 4.03. The maximum absolute atomic E-state index is 12.8. The highest BCUT2D eigenvalue weighted by Crippen LogP contribution is 2.17. The molecular formula is C17H17BrN2O4S. The van der Waals surface area contributed by atoms with Crippen molar-refractivity contribution in [1.29, 1.82) is 0 Å². The van der Waals surface area contributed by atoms with Crippen LogP contribution in [0.25, 0.3) is 0 Å². The number of sulfone groups is 1. The van der Waals surface area contributed by atoms with Crippen LogP contribution in [0.3, 0.4) is 0 Å². The lowest BCUT2D eigenvalue weighted by molar-refractivity contribution is -0.128. The zero-order valence-corrected chi connectivity index (χ0v) is 16.0. The summed E-state index contributed by atoms with van der Waals surface area (Å²) < 4.78 is 26.3. The summed E-state index contributed by atoms with van der Waals surface area (Å²) in [6, 6.07) is 14.0. The van der Waals surface area contributed by atoms with Crippen molar-refractivity contribution in [3.8, 4) is 0 Å². The van der Waals surface area contributed by atoms with Crippen LogP contribution in [-0.2, 0) is 14.6 Å². The number of rotatable bonds is 5. The van der Waals surface area contributed by atoms with Crippen LogP contribution in [0.2, 0.25) is 0 Å². The van der Waals surface area contributed by atoms with Gasteiger partial charge in [-0.05, 0) is 30.3 Å². The molecule has 0 aliphatic heterocycles. The van der Waals surface area contributed by atoms with Gasteiger partial charge in [0.1, 0.15) is 0 Å². The first-order valence-electron chi connectivity index (χ1n) is 7.30. The van der Waals surface area contributed by atoms with Crippen molar-refractivity contribution in [3.63, 3.8) is 0 Å². The zero-order chi connectivity index (χ0) is 18.6. The molecule has 0 saturated heterocycles. The van der Waals surface area contributed by atoms with Gasteiger partial charge in [-0.25, -0.2) is 8.42 Å². The third-order valence-corrected chi connectivity index (χ3v) is 5.76. The number of benzene rings is 2. The molecule has 25 heavy (non-hydrogen) atoms.